The Morgan fingerprint density at radius 2 is 1.78 bits per heavy atom. The first kappa shape index (κ1) is 30.8. The first-order valence-corrected chi connectivity index (χ1v) is 12.4. The molecule has 1 atom stereocenters. The van der Waals surface area contributed by atoms with Crippen LogP contribution in [0.15, 0.2) is 35.3 Å². The third kappa shape index (κ3) is 10.1. The van der Waals surface area contributed by atoms with E-state index in [1.54, 1.807) is 12.1 Å². The van der Waals surface area contributed by atoms with E-state index in [0.717, 1.165) is 0 Å². The van der Waals surface area contributed by atoms with E-state index in [4.69, 9.17) is 25.7 Å². The molecular weight excluding hydrogens is 542 g/mol. The minimum atomic E-state index is -1.75. The molecular formula is C24H31N9O8. The third-order valence-electron chi connectivity index (χ3n) is 5.18. The lowest BCUT2D eigenvalue weighted by Crippen LogP contribution is -2.44. The van der Waals surface area contributed by atoms with Crippen molar-refractivity contribution in [3.63, 3.8) is 0 Å². The van der Waals surface area contributed by atoms with Crippen molar-refractivity contribution in [2.24, 2.45) is 5.73 Å². The zero-order valence-electron chi connectivity index (χ0n) is 21.9. The van der Waals surface area contributed by atoms with E-state index in [1.807, 2.05) is 0 Å². The molecule has 1 aromatic carbocycles. The van der Waals surface area contributed by atoms with Gasteiger partial charge < -0.3 is 46.7 Å². The van der Waals surface area contributed by atoms with Gasteiger partial charge in [0.05, 0.1) is 44.9 Å². The van der Waals surface area contributed by atoms with Gasteiger partial charge in [-0.25, -0.2) is 14.8 Å². The van der Waals surface area contributed by atoms with E-state index in [0.29, 0.717) is 37.7 Å². The fraction of sp³-hybridized carbons (Fsp3) is 0.375. The summed E-state index contributed by atoms with van der Waals surface area (Å²) < 4.78 is 15.5. The lowest BCUT2D eigenvalue weighted by Gasteiger charge is -2.15. The van der Waals surface area contributed by atoms with Crippen molar-refractivity contribution >= 4 is 40.6 Å². The van der Waals surface area contributed by atoms with E-state index in [1.165, 1.54) is 18.3 Å². The van der Waals surface area contributed by atoms with E-state index < -0.39 is 36.2 Å². The summed E-state index contributed by atoms with van der Waals surface area (Å²) in [6, 6.07) is 6.12. The molecule has 0 saturated carbocycles. The van der Waals surface area contributed by atoms with E-state index in [2.05, 4.69) is 35.9 Å². The number of nitrogens with zero attached hydrogens (tertiary/aromatic N) is 3. The van der Waals surface area contributed by atoms with Crippen molar-refractivity contribution in [2.75, 3.05) is 57.2 Å². The molecule has 17 nitrogen and oxygen atoms in total. The number of nitrogen functional groups attached to an aromatic ring is 1. The fourth-order valence-corrected chi connectivity index (χ4v) is 3.24. The molecule has 0 bridgehead atoms. The van der Waals surface area contributed by atoms with Crippen molar-refractivity contribution in [3.8, 4) is 0 Å². The molecule has 3 rings (SSSR count). The second kappa shape index (κ2) is 15.8. The number of aromatic nitrogens is 4. The number of aromatic amines is 1. The van der Waals surface area contributed by atoms with Gasteiger partial charge in [-0.2, -0.15) is 4.98 Å². The van der Waals surface area contributed by atoms with Crippen LogP contribution in [-0.4, -0.2) is 95.2 Å². The number of anilines is 2. The van der Waals surface area contributed by atoms with Crippen molar-refractivity contribution in [1.29, 1.82) is 0 Å². The number of nitrogens with two attached hydrogens (primary N) is 2. The van der Waals surface area contributed by atoms with Gasteiger partial charge in [-0.1, -0.05) is 0 Å². The van der Waals surface area contributed by atoms with Crippen molar-refractivity contribution in [2.45, 2.75) is 12.8 Å². The highest BCUT2D eigenvalue weighted by Gasteiger charge is 2.22. The largest absolute Gasteiger partial charge is 0.478 e. The summed E-state index contributed by atoms with van der Waals surface area (Å²) in [4.78, 5) is 62.6. The van der Waals surface area contributed by atoms with Gasteiger partial charge in [0.25, 0.3) is 11.5 Å². The highest BCUT2D eigenvalue weighted by atomic mass is 16.5. The zero-order chi connectivity index (χ0) is 29.6. The van der Waals surface area contributed by atoms with Crippen LogP contribution in [0.3, 0.4) is 0 Å². The molecule has 2 heterocycles. The number of fused-ring (bicyclic) bond motifs is 1. The lowest BCUT2D eigenvalue weighted by atomic mass is 10.2. The van der Waals surface area contributed by atoms with Crippen LogP contribution in [0.4, 0.5) is 11.6 Å². The predicted octanol–water partition coefficient (Wildman–Crippen LogP) is -1.83. The van der Waals surface area contributed by atoms with Gasteiger partial charge in [0.15, 0.2) is 11.2 Å². The molecule has 3 aromatic rings. The van der Waals surface area contributed by atoms with Crippen LogP contribution in [0.25, 0.3) is 11.2 Å². The second-order valence-electron chi connectivity index (χ2n) is 8.28. The number of ether oxygens (including phenoxy) is 3. The molecule has 17 heteroatoms. The number of carboxylic acid groups (broad SMARTS) is 1. The van der Waals surface area contributed by atoms with Crippen LogP contribution in [0.2, 0.25) is 0 Å². The molecule has 0 fully saturated rings. The lowest BCUT2D eigenvalue weighted by molar-refractivity contribution is -0.153. The maximum atomic E-state index is 12.5. The molecule has 0 aliphatic carbocycles. The van der Waals surface area contributed by atoms with Crippen LogP contribution in [-0.2, 0) is 30.3 Å². The summed E-state index contributed by atoms with van der Waals surface area (Å²) in [5.41, 5.74) is 11.7. The van der Waals surface area contributed by atoms with Gasteiger partial charge in [-0.05, 0) is 24.3 Å². The molecule has 2 amide bonds. The van der Waals surface area contributed by atoms with E-state index >= 15 is 0 Å². The van der Waals surface area contributed by atoms with Crippen LogP contribution >= 0.6 is 0 Å². The SMILES string of the molecule is NCCOCCOCCNC(=O)COC(NC(=O)c1ccc(NCc2cnc3nc(N)[nH]c(=O)c3n2)cc1)C(=O)O. The molecule has 41 heavy (non-hydrogen) atoms. The molecule has 0 radical (unpaired) electrons. The summed E-state index contributed by atoms with van der Waals surface area (Å²) in [5, 5.41) is 17.2. The minimum Gasteiger partial charge on any atom is -0.478 e. The molecule has 1 unspecified atom stereocenters. The Morgan fingerprint density at radius 3 is 2.49 bits per heavy atom. The molecule has 0 aliphatic rings. The fourth-order valence-electron chi connectivity index (χ4n) is 3.24. The Balaban J connectivity index is 1.42. The Kier molecular flexibility index (Phi) is 11.9. The Bertz CT molecular complexity index is 1380. The number of carbonyl (C=O) groups excluding carboxylic acids is 2. The van der Waals surface area contributed by atoms with Crippen LogP contribution < -0.4 is 33.0 Å². The van der Waals surface area contributed by atoms with E-state index in [9.17, 15) is 24.3 Å². The Labute approximate surface area is 233 Å². The number of amides is 2. The molecule has 220 valence electrons. The number of H-pyrrole nitrogens is 1. The topological polar surface area (TPSA) is 259 Å². The summed E-state index contributed by atoms with van der Waals surface area (Å²) in [5.74, 6) is -2.83. The molecule has 9 N–H and O–H groups in total. The van der Waals surface area contributed by atoms with Crippen LogP contribution in [0.5, 0.6) is 0 Å². The maximum absolute atomic E-state index is 12.5. The predicted molar refractivity (Wildman–Crippen MR) is 145 cm³/mol. The van der Waals surface area contributed by atoms with Crippen LogP contribution in [0.1, 0.15) is 16.1 Å². The molecule has 2 aromatic heterocycles. The van der Waals surface area contributed by atoms with Gasteiger partial charge in [0, 0.05) is 24.3 Å². The summed E-state index contributed by atoms with van der Waals surface area (Å²) >= 11 is 0. The van der Waals surface area contributed by atoms with Crippen molar-refractivity contribution in [3.05, 3.63) is 52.1 Å². The summed E-state index contributed by atoms with van der Waals surface area (Å²) in [7, 11) is 0. The number of aliphatic carboxylic acids is 1. The highest BCUT2D eigenvalue weighted by Crippen LogP contribution is 2.12. The monoisotopic (exact) mass is 573 g/mol. The smallest absolute Gasteiger partial charge is 0.354 e. The minimum absolute atomic E-state index is 0.0486. The standard InChI is InChI=1S/C24H31N9O8/c25-5-7-39-9-10-40-8-6-27-17(34)13-41-22(23(37)38)32-20(35)14-1-3-15(4-2-14)28-11-16-12-29-19-18(30-16)21(36)33-24(26)31-19/h1-4,12,22,28H,5-11,13,25H2,(H,27,34)(H,32,35)(H,37,38)(H3,26,29,31,33,36). The average molecular weight is 574 g/mol. The first-order valence-electron chi connectivity index (χ1n) is 12.4. The maximum Gasteiger partial charge on any atom is 0.354 e. The molecule has 0 aliphatic heterocycles. The molecule has 0 spiro atoms. The number of rotatable bonds is 17. The number of nitrogens with one attached hydrogen (secondary N) is 4. The average Bonchev–Trinajstić information content (AvgIpc) is 2.95. The van der Waals surface area contributed by atoms with E-state index in [-0.39, 0.29) is 42.4 Å². The van der Waals surface area contributed by atoms with Gasteiger partial charge in [-0.15, -0.1) is 0 Å². The van der Waals surface area contributed by atoms with Gasteiger partial charge >= 0.3 is 5.97 Å². The van der Waals surface area contributed by atoms with Gasteiger partial charge in [-0.3, -0.25) is 19.4 Å². The van der Waals surface area contributed by atoms with Crippen molar-refractivity contribution in [1.82, 2.24) is 30.6 Å². The van der Waals surface area contributed by atoms with Gasteiger partial charge in [0.1, 0.15) is 6.61 Å². The van der Waals surface area contributed by atoms with Gasteiger partial charge in [0.2, 0.25) is 18.1 Å². The quantitative estimate of drug-likeness (QED) is 0.0692. The number of carboxylic acids is 1. The number of benzene rings is 1. The normalized spacial score (nSPS) is 11.6. The summed E-state index contributed by atoms with van der Waals surface area (Å²) in [6.07, 6.45) is -0.300. The second-order valence-corrected chi connectivity index (χ2v) is 8.28. The number of hydrogen-bond donors (Lipinski definition) is 7. The third-order valence-corrected chi connectivity index (χ3v) is 5.18. The van der Waals surface area contributed by atoms with Crippen LogP contribution in [0, 0.1) is 0 Å². The first-order chi connectivity index (χ1) is 19.8. The Hall–Kier alpha value is -4.71. The Morgan fingerprint density at radius 1 is 1.05 bits per heavy atom. The number of carbonyl (C=O) groups is 3. The highest BCUT2D eigenvalue weighted by molar-refractivity contribution is 5.96. The zero-order valence-corrected chi connectivity index (χ0v) is 21.9. The summed E-state index contributed by atoms with van der Waals surface area (Å²) in [6.45, 7) is 1.61. The number of hydrogen-bond acceptors (Lipinski definition) is 13. The molecule has 0 saturated heterocycles. The van der Waals surface area contributed by atoms with Crippen molar-refractivity contribution < 1.29 is 33.7 Å².